The molecule has 3 rings (SSSR count). The molecular weight excluding hydrogens is 368 g/mol. The topological polar surface area (TPSA) is 40.5 Å². The third kappa shape index (κ3) is 5.13. The van der Waals surface area contributed by atoms with Crippen LogP contribution in [0.3, 0.4) is 0 Å². The van der Waals surface area contributed by atoms with E-state index in [1.807, 2.05) is 0 Å². The molecule has 2 heteroatoms. The molecule has 3 aliphatic carbocycles. The number of aliphatic hydroxyl groups is 2. The molecule has 0 spiro atoms. The van der Waals surface area contributed by atoms with Crippen molar-refractivity contribution < 1.29 is 10.2 Å². The molecule has 3 saturated carbocycles. The molecule has 30 heavy (non-hydrogen) atoms. The maximum atomic E-state index is 10.2. The second-order valence-electron chi connectivity index (χ2n) is 11.3. The normalized spacial score (nSPS) is 38.4. The van der Waals surface area contributed by atoms with Gasteiger partial charge in [-0.05, 0) is 85.2 Å². The van der Waals surface area contributed by atoms with Crippen LogP contribution in [0.4, 0.5) is 0 Å². The first kappa shape index (κ1) is 23.8. The summed E-state index contributed by atoms with van der Waals surface area (Å²) in [6, 6.07) is 0. The standard InChI is InChI=1S/C28H46O2/c1-19(2)8-6-9-20(3)26-13-14-27-22(10-7-15-28(26,27)5)11-12-23-16-25(30)17-24(18-29)21(23)4/h11-12,19-20,24-27,29-30H,4,6-10,13-18H2,1-3,5H3/b22-11+,23-12-/t20-,24+,25+,26-,27+,28-/m1/s1. The van der Waals surface area contributed by atoms with Crippen molar-refractivity contribution in [3.05, 3.63) is 35.5 Å². The molecule has 0 saturated heterocycles. The maximum absolute atomic E-state index is 10.2. The first-order chi connectivity index (χ1) is 14.3. The van der Waals surface area contributed by atoms with Gasteiger partial charge in [0.15, 0.2) is 0 Å². The molecule has 2 N–H and O–H groups in total. The lowest BCUT2D eigenvalue weighted by atomic mass is 9.60. The molecule has 0 aromatic rings. The van der Waals surface area contributed by atoms with Crippen molar-refractivity contribution >= 4 is 0 Å². The molecule has 0 radical (unpaired) electrons. The fourth-order valence-electron chi connectivity index (χ4n) is 7.03. The van der Waals surface area contributed by atoms with Gasteiger partial charge in [0.25, 0.3) is 0 Å². The van der Waals surface area contributed by atoms with Crippen molar-refractivity contribution in [1.29, 1.82) is 0 Å². The van der Waals surface area contributed by atoms with E-state index in [0.717, 1.165) is 34.8 Å². The first-order valence-electron chi connectivity index (χ1n) is 12.6. The van der Waals surface area contributed by atoms with Crippen LogP contribution in [0.15, 0.2) is 35.5 Å². The largest absolute Gasteiger partial charge is 0.396 e. The summed E-state index contributed by atoms with van der Waals surface area (Å²) in [5, 5.41) is 19.8. The van der Waals surface area contributed by atoms with Gasteiger partial charge in [0.05, 0.1) is 12.7 Å². The van der Waals surface area contributed by atoms with Crippen LogP contribution in [0.2, 0.25) is 0 Å². The summed E-state index contributed by atoms with van der Waals surface area (Å²) in [5.74, 6) is 3.24. The Balaban J connectivity index is 1.72. The smallest absolute Gasteiger partial charge is 0.0587 e. The predicted molar refractivity (Wildman–Crippen MR) is 127 cm³/mol. The van der Waals surface area contributed by atoms with Crippen LogP contribution in [0.25, 0.3) is 0 Å². The Morgan fingerprint density at radius 1 is 1.17 bits per heavy atom. The van der Waals surface area contributed by atoms with Gasteiger partial charge < -0.3 is 10.2 Å². The summed E-state index contributed by atoms with van der Waals surface area (Å²) >= 11 is 0. The van der Waals surface area contributed by atoms with E-state index < -0.39 is 0 Å². The van der Waals surface area contributed by atoms with Gasteiger partial charge in [0.1, 0.15) is 0 Å². The van der Waals surface area contributed by atoms with Crippen molar-refractivity contribution in [3.8, 4) is 0 Å². The Kier molecular flexibility index (Phi) is 8.07. The summed E-state index contributed by atoms with van der Waals surface area (Å²) in [7, 11) is 0. The molecule has 3 aliphatic rings. The van der Waals surface area contributed by atoms with Gasteiger partial charge in [-0.1, -0.05) is 71.3 Å². The fourth-order valence-corrected chi connectivity index (χ4v) is 7.03. The van der Waals surface area contributed by atoms with Crippen molar-refractivity contribution in [2.45, 2.75) is 98.0 Å². The van der Waals surface area contributed by atoms with E-state index in [1.165, 1.54) is 51.4 Å². The van der Waals surface area contributed by atoms with E-state index in [9.17, 15) is 10.2 Å². The number of allylic oxidation sites excluding steroid dienone is 3. The SMILES string of the molecule is C=C1/C(=C\C=C2/CCC[C@]3(C)[C@@H]([C@H](C)CCCC(C)C)CC[C@@H]23)C[C@H](O)C[C@H]1CO. The molecular formula is C28H46O2. The molecule has 3 fully saturated rings. The maximum Gasteiger partial charge on any atom is 0.0587 e. The number of hydrogen-bond donors (Lipinski definition) is 2. The number of aliphatic hydroxyl groups excluding tert-OH is 2. The van der Waals surface area contributed by atoms with Gasteiger partial charge in [0, 0.05) is 5.92 Å². The quantitative estimate of drug-likeness (QED) is 0.479. The summed E-state index contributed by atoms with van der Waals surface area (Å²) in [6.07, 6.45) is 16.3. The average Bonchev–Trinajstić information content (AvgIpc) is 3.05. The molecule has 0 bridgehead atoms. The minimum Gasteiger partial charge on any atom is -0.396 e. The Labute approximate surface area is 185 Å². The van der Waals surface area contributed by atoms with E-state index in [2.05, 4.69) is 46.4 Å². The molecule has 0 unspecified atom stereocenters. The summed E-state index contributed by atoms with van der Waals surface area (Å²) in [5.41, 5.74) is 4.25. The molecule has 0 amide bonds. The molecule has 0 heterocycles. The molecule has 0 aliphatic heterocycles. The summed E-state index contributed by atoms with van der Waals surface area (Å²) in [6.45, 7) is 14.1. The third-order valence-electron chi connectivity index (χ3n) is 8.80. The lowest BCUT2D eigenvalue weighted by molar-refractivity contribution is 0.0928. The number of rotatable bonds is 7. The Bertz CT molecular complexity index is 658. The van der Waals surface area contributed by atoms with Crippen LogP contribution in [-0.4, -0.2) is 22.9 Å². The van der Waals surface area contributed by atoms with Crippen molar-refractivity contribution in [2.24, 2.45) is 35.0 Å². The Morgan fingerprint density at radius 3 is 2.63 bits per heavy atom. The fraction of sp³-hybridized carbons (Fsp3) is 0.786. The van der Waals surface area contributed by atoms with Gasteiger partial charge in [-0.2, -0.15) is 0 Å². The van der Waals surface area contributed by atoms with Crippen LogP contribution in [-0.2, 0) is 0 Å². The second kappa shape index (κ2) is 10.2. The highest BCUT2D eigenvalue weighted by Gasteiger charge is 2.50. The summed E-state index contributed by atoms with van der Waals surface area (Å²) in [4.78, 5) is 0. The van der Waals surface area contributed by atoms with Crippen molar-refractivity contribution in [3.63, 3.8) is 0 Å². The van der Waals surface area contributed by atoms with Gasteiger partial charge >= 0.3 is 0 Å². The van der Waals surface area contributed by atoms with Crippen LogP contribution in [0, 0.1) is 35.0 Å². The zero-order chi connectivity index (χ0) is 21.9. The monoisotopic (exact) mass is 414 g/mol. The van der Waals surface area contributed by atoms with Gasteiger partial charge in [-0.3, -0.25) is 0 Å². The number of fused-ring (bicyclic) bond motifs is 1. The average molecular weight is 415 g/mol. The second-order valence-corrected chi connectivity index (χ2v) is 11.3. The van der Waals surface area contributed by atoms with E-state index in [4.69, 9.17) is 0 Å². The van der Waals surface area contributed by atoms with Gasteiger partial charge in [0.2, 0.25) is 0 Å². The van der Waals surface area contributed by atoms with Crippen molar-refractivity contribution in [2.75, 3.05) is 6.61 Å². The Hall–Kier alpha value is -0.860. The number of hydrogen-bond acceptors (Lipinski definition) is 2. The molecule has 0 aromatic carbocycles. The van der Waals surface area contributed by atoms with Gasteiger partial charge in [-0.15, -0.1) is 0 Å². The molecule has 6 atom stereocenters. The molecule has 0 aromatic heterocycles. The highest BCUT2D eigenvalue weighted by Crippen LogP contribution is 2.60. The zero-order valence-electron chi connectivity index (χ0n) is 20.0. The predicted octanol–water partition coefficient (Wildman–Crippen LogP) is 6.84. The molecule has 170 valence electrons. The highest BCUT2D eigenvalue weighted by molar-refractivity contribution is 5.38. The third-order valence-corrected chi connectivity index (χ3v) is 8.80. The van der Waals surface area contributed by atoms with E-state index in [-0.39, 0.29) is 18.6 Å². The highest BCUT2D eigenvalue weighted by atomic mass is 16.3. The minimum atomic E-state index is -0.350. The zero-order valence-corrected chi connectivity index (χ0v) is 20.0. The van der Waals surface area contributed by atoms with Gasteiger partial charge in [-0.25, -0.2) is 0 Å². The van der Waals surface area contributed by atoms with E-state index in [1.54, 1.807) is 5.57 Å². The minimum absolute atomic E-state index is 0.0116. The van der Waals surface area contributed by atoms with E-state index in [0.29, 0.717) is 18.3 Å². The lowest BCUT2D eigenvalue weighted by Crippen LogP contribution is -2.36. The first-order valence-corrected chi connectivity index (χ1v) is 12.6. The van der Waals surface area contributed by atoms with Crippen LogP contribution >= 0.6 is 0 Å². The molecule has 2 nitrogen and oxygen atoms in total. The van der Waals surface area contributed by atoms with E-state index >= 15 is 0 Å². The van der Waals surface area contributed by atoms with Crippen LogP contribution in [0.1, 0.15) is 91.9 Å². The van der Waals surface area contributed by atoms with Crippen molar-refractivity contribution in [1.82, 2.24) is 0 Å². The van der Waals surface area contributed by atoms with Crippen LogP contribution < -0.4 is 0 Å². The Morgan fingerprint density at radius 2 is 1.93 bits per heavy atom. The lowest BCUT2D eigenvalue weighted by Gasteiger charge is -2.44. The summed E-state index contributed by atoms with van der Waals surface area (Å²) < 4.78 is 0. The van der Waals surface area contributed by atoms with Crippen LogP contribution in [0.5, 0.6) is 0 Å².